The molecule has 0 aliphatic rings. The average Bonchev–Trinajstić information content (AvgIpc) is 2.54. The lowest BCUT2D eigenvalue weighted by atomic mass is 9.90. The van der Waals surface area contributed by atoms with E-state index in [1.807, 2.05) is 19.9 Å². The van der Waals surface area contributed by atoms with Gasteiger partial charge in [-0.1, -0.05) is 25.4 Å². The van der Waals surface area contributed by atoms with Gasteiger partial charge in [-0.05, 0) is 44.0 Å². The van der Waals surface area contributed by atoms with Crippen LogP contribution in [0.25, 0.3) is 0 Å². The lowest BCUT2D eigenvalue weighted by Gasteiger charge is -2.27. The number of esters is 1. The molecule has 0 heterocycles. The van der Waals surface area contributed by atoms with Crippen molar-refractivity contribution < 1.29 is 19.1 Å². The third-order valence-electron chi connectivity index (χ3n) is 3.59. The van der Waals surface area contributed by atoms with Gasteiger partial charge in [0.05, 0.1) is 6.07 Å². The number of halogens is 1. The summed E-state index contributed by atoms with van der Waals surface area (Å²) < 4.78 is 10.3. The Morgan fingerprint density at radius 3 is 2.38 bits per heavy atom. The first-order chi connectivity index (χ1) is 11.2. The molecule has 0 saturated heterocycles. The largest absolute Gasteiger partial charge is 0.479 e. The highest BCUT2D eigenvalue weighted by atomic mass is 35.5. The van der Waals surface area contributed by atoms with Gasteiger partial charge in [-0.2, -0.15) is 5.26 Å². The molecule has 24 heavy (non-hydrogen) atoms. The molecule has 1 aromatic carbocycles. The highest BCUT2D eigenvalue weighted by molar-refractivity contribution is 6.30. The van der Waals surface area contributed by atoms with Gasteiger partial charge >= 0.3 is 5.97 Å². The number of nitriles is 1. The van der Waals surface area contributed by atoms with Crippen LogP contribution in [0.3, 0.4) is 0 Å². The van der Waals surface area contributed by atoms with Crippen LogP contribution >= 0.6 is 11.6 Å². The molecular formula is C17H21ClN2O4. The summed E-state index contributed by atoms with van der Waals surface area (Å²) in [6, 6.07) is 8.57. The van der Waals surface area contributed by atoms with Crippen LogP contribution in [0.1, 0.15) is 27.7 Å². The predicted octanol–water partition coefficient (Wildman–Crippen LogP) is 2.70. The standard InChI is InChI=1S/C17H21ClN2O4/c1-11(2)17(4,10-19)20-15(21)9-23-16(22)12(3)24-14-7-5-13(18)6-8-14/h5-8,11-12H,9H2,1-4H3,(H,20,21)/t12-,17+/m0/s1. The third-order valence-corrected chi connectivity index (χ3v) is 3.84. The summed E-state index contributed by atoms with van der Waals surface area (Å²) in [5, 5.41) is 12.3. The first kappa shape index (κ1) is 19.8. The summed E-state index contributed by atoms with van der Waals surface area (Å²) in [6.45, 7) is 6.29. The first-order valence-corrected chi connectivity index (χ1v) is 7.87. The summed E-state index contributed by atoms with van der Waals surface area (Å²) >= 11 is 5.77. The fourth-order valence-electron chi connectivity index (χ4n) is 1.65. The Morgan fingerprint density at radius 2 is 1.88 bits per heavy atom. The Morgan fingerprint density at radius 1 is 1.29 bits per heavy atom. The molecule has 0 fully saturated rings. The van der Waals surface area contributed by atoms with E-state index in [4.69, 9.17) is 26.3 Å². The summed E-state index contributed by atoms with van der Waals surface area (Å²) in [7, 11) is 0. The van der Waals surface area contributed by atoms with Gasteiger partial charge in [0.1, 0.15) is 11.3 Å². The number of ether oxygens (including phenoxy) is 2. The van der Waals surface area contributed by atoms with Gasteiger partial charge in [-0.25, -0.2) is 4.79 Å². The second-order valence-electron chi connectivity index (χ2n) is 5.84. The van der Waals surface area contributed by atoms with Gasteiger partial charge in [0.15, 0.2) is 12.7 Å². The maximum atomic E-state index is 11.9. The number of amides is 1. The second kappa shape index (κ2) is 8.55. The molecule has 0 aliphatic carbocycles. The van der Waals surface area contributed by atoms with E-state index in [0.29, 0.717) is 10.8 Å². The molecule has 0 radical (unpaired) electrons. The lowest BCUT2D eigenvalue weighted by molar-refractivity contribution is -0.155. The zero-order valence-electron chi connectivity index (χ0n) is 14.1. The molecule has 7 heteroatoms. The molecule has 1 amide bonds. The number of benzene rings is 1. The number of carbonyl (C=O) groups excluding carboxylic acids is 2. The van der Waals surface area contributed by atoms with Crippen LogP contribution in [0.15, 0.2) is 24.3 Å². The average molecular weight is 353 g/mol. The van der Waals surface area contributed by atoms with E-state index in [2.05, 4.69) is 5.32 Å². The maximum Gasteiger partial charge on any atom is 0.347 e. The van der Waals surface area contributed by atoms with Crippen molar-refractivity contribution in [3.8, 4) is 11.8 Å². The first-order valence-electron chi connectivity index (χ1n) is 7.49. The molecule has 0 saturated carbocycles. The van der Waals surface area contributed by atoms with E-state index in [1.54, 1.807) is 31.2 Å². The number of hydrogen-bond acceptors (Lipinski definition) is 5. The normalized spacial score (nSPS) is 14.2. The summed E-state index contributed by atoms with van der Waals surface area (Å²) in [6.07, 6.45) is -0.883. The minimum atomic E-state index is -1.02. The topological polar surface area (TPSA) is 88.4 Å². The van der Waals surface area contributed by atoms with Crippen molar-refractivity contribution >= 4 is 23.5 Å². The molecule has 1 rings (SSSR count). The van der Waals surface area contributed by atoms with Crippen LogP contribution in [0, 0.1) is 17.2 Å². The Labute approximate surface area is 146 Å². The van der Waals surface area contributed by atoms with Crippen molar-refractivity contribution in [1.82, 2.24) is 5.32 Å². The number of carbonyl (C=O) groups is 2. The van der Waals surface area contributed by atoms with Crippen molar-refractivity contribution in [2.45, 2.75) is 39.3 Å². The summed E-state index contributed by atoms with van der Waals surface area (Å²) in [5.74, 6) is -0.845. The van der Waals surface area contributed by atoms with Gasteiger partial charge in [0, 0.05) is 5.02 Å². The van der Waals surface area contributed by atoms with Gasteiger partial charge in [-0.3, -0.25) is 4.79 Å². The molecule has 1 aromatic rings. The lowest BCUT2D eigenvalue weighted by Crippen LogP contribution is -2.50. The smallest absolute Gasteiger partial charge is 0.347 e. The highest BCUT2D eigenvalue weighted by Crippen LogP contribution is 2.17. The molecule has 0 spiro atoms. The van der Waals surface area contributed by atoms with Gasteiger partial charge in [0.2, 0.25) is 0 Å². The van der Waals surface area contributed by atoms with Gasteiger partial charge < -0.3 is 14.8 Å². The molecule has 6 nitrogen and oxygen atoms in total. The van der Waals surface area contributed by atoms with Crippen molar-refractivity contribution in [3.05, 3.63) is 29.3 Å². The van der Waals surface area contributed by atoms with E-state index in [1.165, 1.54) is 6.92 Å². The molecule has 130 valence electrons. The van der Waals surface area contributed by atoms with Crippen molar-refractivity contribution in [2.75, 3.05) is 6.61 Å². The van der Waals surface area contributed by atoms with Crippen LogP contribution in [-0.4, -0.2) is 30.1 Å². The minimum absolute atomic E-state index is 0.0886. The van der Waals surface area contributed by atoms with E-state index < -0.39 is 30.1 Å². The molecule has 0 aromatic heterocycles. The molecule has 0 bridgehead atoms. The second-order valence-corrected chi connectivity index (χ2v) is 6.28. The van der Waals surface area contributed by atoms with Gasteiger partial charge in [-0.15, -0.1) is 0 Å². The van der Waals surface area contributed by atoms with Crippen LogP contribution in [0.5, 0.6) is 5.75 Å². The number of hydrogen-bond donors (Lipinski definition) is 1. The predicted molar refractivity (Wildman–Crippen MR) is 89.5 cm³/mol. The molecule has 2 atom stereocenters. The fourth-order valence-corrected chi connectivity index (χ4v) is 1.77. The summed E-state index contributed by atoms with van der Waals surface area (Å²) in [4.78, 5) is 23.7. The zero-order chi connectivity index (χ0) is 18.3. The maximum absolute atomic E-state index is 11.9. The van der Waals surface area contributed by atoms with Crippen molar-refractivity contribution in [1.29, 1.82) is 5.26 Å². The van der Waals surface area contributed by atoms with Crippen LogP contribution in [-0.2, 0) is 14.3 Å². The number of rotatable bonds is 7. The molecule has 0 aliphatic heterocycles. The molecule has 0 unspecified atom stereocenters. The molecule has 1 N–H and O–H groups in total. The zero-order valence-corrected chi connectivity index (χ0v) is 14.9. The number of nitrogens with zero attached hydrogens (tertiary/aromatic N) is 1. The van der Waals surface area contributed by atoms with Crippen LogP contribution in [0.4, 0.5) is 0 Å². The van der Waals surface area contributed by atoms with Crippen molar-refractivity contribution in [2.24, 2.45) is 5.92 Å². The Bertz CT molecular complexity index is 624. The van der Waals surface area contributed by atoms with E-state index in [0.717, 1.165) is 0 Å². The Balaban J connectivity index is 2.49. The Hall–Kier alpha value is -2.26. The fraction of sp³-hybridized carbons (Fsp3) is 0.471. The highest BCUT2D eigenvalue weighted by Gasteiger charge is 2.30. The summed E-state index contributed by atoms with van der Waals surface area (Å²) in [5.41, 5.74) is -1.02. The van der Waals surface area contributed by atoms with E-state index >= 15 is 0 Å². The SMILES string of the molecule is CC(C)[C@@](C)(C#N)NC(=O)COC(=O)[C@H](C)Oc1ccc(Cl)cc1. The quantitative estimate of drug-likeness (QED) is 0.762. The molecular weight excluding hydrogens is 332 g/mol. The Kier molecular flexibility index (Phi) is 7.05. The monoisotopic (exact) mass is 352 g/mol. The van der Waals surface area contributed by atoms with Crippen LogP contribution < -0.4 is 10.1 Å². The van der Waals surface area contributed by atoms with Gasteiger partial charge in [0.25, 0.3) is 5.91 Å². The number of nitrogens with one attached hydrogen (secondary N) is 1. The van der Waals surface area contributed by atoms with E-state index in [-0.39, 0.29) is 5.92 Å². The minimum Gasteiger partial charge on any atom is -0.479 e. The van der Waals surface area contributed by atoms with Crippen molar-refractivity contribution in [3.63, 3.8) is 0 Å². The third kappa shape index (κ3) is 5.74. The van der Waals surface area contributed by atoms with E-state index in [9.17, 15) is 9.59 Å². The van der Waals surface area contributed by atoms with Crippen LogP contribution in [0.2, 0.25) is 5.02 Å².